The van der Waals surface area contributed by atoms with Crippen LogP contribution < -0.4 is 0 Å². The van der Waals surface area contributed by atoms with E-state index >= 15 is 0 Å². The molecule has 0 saturated heterocycles. The molecule has 90 valence electrons. The summed E-state index contributed by atoms with van der Waals surface area (Å²) in [5, 5.41) is -0.106. The van der Waals surface area contributed by atoms with Crippen molar-refractivity contribution in [3.8, 4) is 0 Å². The first-order chi connectivity index (χ1) is 7.18. The summed E-state index contributed by atoms with van der Waals surface area (Å²) in [5.74, 6) is -0.129. The second-order valence-corrected chi connectivity index (χ2v) is 8.15. The van der Waals surface area contributed by atoms with E-state index in [2.05, 4.69) is 0 Å². The van der Waals surface area contributed by atoms with Gasteiger partial charge in [-0.25, -0.2) is 16.8 Å². The molecule has 0 heterocycles. The second kappa shape index (κ2) is 4.52. The summed E-state index contributed by atoms with van der Waals surface area (Å²) < 4.78 is 45.2. The predicted octanol–water partition coefficient (Wildman–Crippen LogP) is 2.06. The molecule has 0 aliphatic heterocycles. The minimum atomic E-state index is -4.05. The SMILES string of the molecule is CCS(=O)(=O)c1ccc(Cl)c(S(=O)(=O)Cl)c1. The highest BCUT2D eigenvalue weighted by Crippen LogP contribution is 2.27. The molecule has 0 saturated carbocycles. The Kier molecular flexibility index (Phi) is 3.89. The first-order valence-electron chi connectivity index (χ1n) is 4.15. The van der Waals surface area contributed by atoms with Gasteiger partial charge in [-0.05, 0) is 18.2 Å². The van der Waals surface area contributed by atoms with E-state index in [0.717, 1.165) is 6.07 Å². The van der Waals surface area contributed by atoms with Gasteiger partial charge < -0.3 is 0 Å². The Bertz CT molecular complexity index is 605. The average Bonchev–Trinajstić information content (AvgIpc) is 2.16. The van der Waals surface area contributed by atoms with Crippen LogP contribution >= 0.6 is 22.3 Å². The lowest BCUT2D eigenvalue weighted by Crippen LogP contribution is -2.05. The molecule has 4 nitrogen and oxygen atoms in total. The van der Waals surface area contributed by atoms with Crippen LogP contribution in [0.15, 0.2) is 28.0 Å². The van der Waals surface area contributed by atoms with Crippen LogP contribution in [0.3, 0.4) is 0 Å². The minimum absolute atomic E-state index is 0.106. The molecule has 0 atom stereocenters. The third kappa shape index (κ3) is 2.88. The quantitative estimate of drug-likeness (QED) is 0.802. The van der Waals surface area contributed by atoms with Gasteiger partial charge in [-0.2, -0.15) is 0 Å². The van der Waals surface area contributed by atoms with E-state index in [1.807, 2.05) is 0 Å². The van der Waals surface area contributed by atoms with E-state index in [9.17, 15) is 16.8 Å². The molecule has 1 rings (SSSR count). The van der Waals surface area contributed by atoms with Crippen LogP contribution in [-0.2, 0) is 18.9 Å². The molecule has 0 aliphatic rings. The predicted molar refractivity (Wildman–Crippen MR) is 62.2 cm³/mol. The van der Waals surface area contributed by atoms with E-state index in [1.165, 1.54) is 19.1 Å². The van der Waals surface area contributed by atoms with Crippen LogP contribution in [0.25, 0.3) is 0 Å². The van der Waals surface area contributed by atoms with Gasteiger partial charge in [0.2, 0.25) is 0 Å². The van der Waals surface area contributed by atoms with Crippen molar-refractivity contribution >= 4 is 41.2 Å². The lowest BCUT2D eigenvalue weighted by atomic mass is 10.4. The number of hydrogen-bond donors (Lipinski definition) is 0. The summed E-state index contributed by atoms with van der Waals surface area (Å²) in [6, 6.07) is 3.40. The molecule has 0 fully saturated rings. The number of benzene rings is 1. The van der Waals surface area contributed by atoms with Gasteiger partial charge >= 0.3 is 0 Å². The molecule has 1 aromatic rings. The Labute approximate surface area is 104 Å². The van der Waals surface area contributed by atoms with E-state index in [4.69, 9.17) is 22.3 Å². The summed E-state index contributed by atoms with van der Waals surface area (Å²) in [5.41, 5.74) is 0. The summed E-state index contributed by atoms with van der Waals surface area (Å²) >= 11 is 5.62. The molecule has 0 unspecified atom stereocenters. The van der Waals surface area contributed by atoms with Gasteiger partial charge in [0.1, 0.15) is 4.90 Å². The highest BCUT2D eigenvalue weighted by atomic mass is 35.7. The zero-order valence-corrected chi connectivity index (χ0v) is 11.3. The van der Waals surface area contributed by atoms with Gasteiger partial charge in [-0.15, -0.1) is 0 Å². The van der Waals surface area contributed by atoms with Crippen molar-refractivity contribution in [1.29, 1.82) is 0 Å². The van der Waals surface area contributed by atoms with Crippen LogP contribution in [0.1, 0.15) is 6.92 Å². The van der Waals surface area contributed by atoms with Gasteiger partial charge in [0.05, 0.1) is 15.7 Å². The average molecular weight is 303 g/mol. The minimum Gasteiger partial charge on any atom is -0.224 e. The molecular weight excluding hydrogens is 295 g/mol. The largest absolute Gasteiger partial charge is 0.262 e. The van der Waals surface area contributed by atoms with Crippen LogP contribution in [-0.4, -0.2) is 22.6 Å². The van der Waals surface area contributed by atoms with Crippen LogP contribution in [0.5, 0.6) is 0 Å². The number of hydrogen-bond acceptors (Lipinski definition) is 4. The van der Waals surface area contributed by atoms with Crippen molar-refractivity contribution in [3.63, 3.8) is 0 Å². The molecular formula is C8H8Cl2O4S2. The third-order valence-corrected chi connectivity index (χ3v) is 5.44. The monoisotopic (exact) mass is 302 g/mol. The van der Waals surface area contributed by atoms with Crippen molar-refractivity contribution in [2.45, 2.75) is 16.7 Å². The topological polar surface area (TPSA) is 68.3 Å². The van der Waals surface area contributed by atoms with Crippen molar-refractivity contribution in [2.24, 2.45) is 0 Å². The van der Waals surface area contributed by atoms with Gasteiger partial charge in [-0.1, -0.05) is 18.5 Å². The number of halogens is 2. The summed E-state index contributed by atoms with van der Waals surface area (Å²) in [4.78, 5) is -0.510. The summed E-state index contributed by atoms with van der Waals surface area (Å²) in [6.45, 7) is 1.46. The second-order valence-electron chi connectivity index (χ2n) is 2.93. The maximum Gasteiger partial charge on any atom is 0.262 e. The Hall–Kier alpha value is -0.300. The Morgan fingerprint density at radius 3 is 2.19 bits per heavy atom. The summed E-state index contributed by atoms with van der Waals surface area (Å²) in [7, 11) is -2.41. The maximum atomic E-state index is 11.5. The molecule has 0 N–H and O–H groups in total. The molecule has 1 aromatic carbocycles. The third-order valence-electron chi connectivity index (χ3n) is 1.90. The van der Waals surface area contributed by atoms with Crippen molar-refractivity contribution in [3.05, 3.63) is 23.2 Å². The first-order valence-corrected chi connectivity index (χ1v) is 8.49. The van der Waals surface area contributed by atoms with E-state index < -0.39 is 23.8 Å². The standard InChI is InChI=1S/C8H8Cl2O4S2/c1-2-15(11,12)6-3-4-7(9)8(5-6)16(10,13)14/h3-5H,2H2,1H3. The molecule has 0 aromatic heterocycles. The zero-order valence-electron chi connectivity index (χ0n) is 8.14. The van der Waals surface area contributed by atoms with Crippen molar-refractivity contribution in [1.82, 2.24) is 0 Å². The fraction of sp³-hybridized carbons (Fsp3) is 0.250. The lowest BCUT2D eigenvalue weighted by molar-refractivity contribution is 0.597. The Morgan fingerprint density at radius 2 is 1.75 bits per heavy atom. The molecule has 16 heavy (non-hydrogen) atoms. The zero-order chi connectivity index (χ0) is 12.6. The van der Waals surface area contributed by atoms with Crippen LogP contribution in [0.4, 0.5) is 0 Å². The fourth-order valence-corrected chi connectivity index (χ4v) is 3.50. The summed E-state index contributed by atoms with van der Waals surface area (Å²) in [6.07, 6.45) is 0. The van der Waals surface area contributed by atoms with Gasteiger partial charge in [0, 0.05) is 10.7 Å². The molecule has 0 spiro atoms. The van der Waals surface area contributed by atoms with Crippen molar-refractivity contribution < 1.29 is 16.8 Å². The molecule has 0 amide bonds. The number of sulfone groups is 1. The van der Waals surface area contributed by atoms with E-state index in [1.54, 1.807) is 0 Å². The lowest BCUT2D eigenvalue weighted by Gasteiger charge is -2.04. The highest BCUT2D eigenvalue weighted by molar-refractivity contribution is 8.13. The van der Waals surface area contributed by atoms with Gasteiger partial charge in [0.15, 0.2) is 9.84 Å². The van der Waals surface area contributed by atoms with E-state index in [-0.39, 0.29) is 15.7 Å². The fourth-order valence-electron chi connectivity index (χ4n) is 1.03. The van der Waals surface area contributed by atoms with Crippen molar-refractivity contribution in [2.75, 3.05) is 5.75 Å². The normalized spacial score (nSPS) is 12.7. The smallest absolute Gasteiger partial charge is 0.224 e. The first kappa shape index (κ1) is 13.8. The van der Waals surface area contributed by atoms with E-state index in [0.29, 0.717) is 0 Å². The number of rotatable bonds is 3. The Morgan fingerprint density at radius 1 is 1.19 bits per heavy atom. The molecule has 8 heteroatoms. The molecule has 0 radical (unpaired) electrons. The molecule has 0 aliphatic carbocycles. The molecule has 0 bridgehead atoms. The highest BCUT2D eigenvalue weighted by Gasteiger charge is 2.19. The van der Waals surface area contributed by atoms with Gasteiger partial charge in [-0.3, -0.25) is 0 Å². The maximum absolute atomic E-state index is 11.5. The van der Waals surface area contributed by atoms with Crippen LogP contribution in [0, 0.1) is 0 Å². The van der Waals surface area contributed by atoms with Crippen LogP contribution in [0.2, 0.25) is 5.02 Å². The Balaban J connectivity index is 3.53. The van der Waals surface area contributed by atoms with Gasteiger partial charge in [0.25, 0.3) is 9.05 Å².